The molecule has 5 nitrogen and oxygen atoms in total. The van der Waals surface area contributed by atoms with E-state index < -0.39 is 0 Å². The Morgan fingerprint density at radius 1 is 1.33 bits per heavy atom. The Morgan fingerprint density at radius 3 is 2.78 bits per heavy atom. The monoisotopic (exact) mass is 488 g/mol. The second kappa shape index (κ2) is 12.4. The largest absolute Gasteiger partial charge is 0.491 e. The standard InChI is InChI=1S/C21H36N4O.HI/c1-6-25-11-7-8-18(15-25)13-23-21(22-5)24-14-19-10-9-17(4)12-20(19)26-16(2)3;/h9-10,12,16,18H,6-8,11,13-15H2,1-5H3,(H2,22,23,24);1H. The van der Waals surface area contributed by atoms with Crippen molar-refractivity contribution in [3.63, 3.8) is 0 Å². The van der Waals surface area contributed by atoms with E-state index in [9.17, 15) is 0 Å². The van der Waals surface area contributed by atoms with E-state index in [0.717, 1.165) is 30.4 Å². The van der Waals surface area contributed by atoms with Crippen molar-refractivity contribution in [3.8, 4) is 5.75 Å². The minimum absolute atomic E-state index is 0. The molecule has 1 aromatic carbocycles. The van der Waals surface area contributed by atoms with Gasteiger partial charge in [-0.2, -0.15) is 0 Å². The number of ether oxygens (including phenoxy) is 1. The van der Waals surface area contributed by atoms with E-state index >= 15 is 0 Å². The molecule has 0 amide bonds. The molecule has 1 unspecified atom stereocenters. The fourth-order valence-corrected chi connectivity index (χ4v) is 3.42. The Labute approximate surface area is 182 Å². The summed E-state index contributed by atoms with van der Waals surface area (Å²) in [5, 5.41) is 6.93. The molecule has 1 saturated heterocycles. The van der Waals surface area contributed by atoms with Gasteiger partial charge < -0.3 is 20.3 Å². The number of halogens is 1. The van der Waals surface area contributed by atoms with Crippen LogP contribution >= 0.6 is 24.0 Å². The van der Waals surface area contributed by atoms with Crippen molar-refractivity contribution in [1.82, 2.24) is 15.5 Å². The maximum Gasteiger partial charge on any atom is 0.191 e. The van der Waals surface area contributed by atoms with E-state index in [-0.39, 0.29) is 30.1 Å². The van der Waals surface area contributed by atoms with E-state index in [4.69, 9.17) is 4.74 Å². The third-order valence-corrected chi connectivity index (χ3v) is 4.86. The van der Waals surface area contributed by atoms with Crippen molar-refractivity contribution >= 4 is 29.9 Å². The number of nitrogens with one attached hydrogen (secondary N) is 2. The lowest BCUT2D eigenvalue weighted by molar-refractivity contribution is 0.183. The van der Waals surface area contributed by atoms with Crippen molar-refractivity contribution in [1.29, 1.82) is 0 Å². The van der Waals surface area contributed by atoms with Crippen molar-refractivity contribution in [2.45, 2.75) is 53.2 Å². The number of piperidine rings is 1. The number of rotatable bonds is 7. The molecule has 2 N–H and O–H groups in total. The molecule has 1 aromatic rings. The molecule has 0 bridgehead atoms. The van der Waals surface area contributed by atoms with Gasteiger partial charge in [0.25, 0.3) is 0 Å². The highest BCUT2D eigenvalue weighted by Gasteiger charge is 2.18. The van der Waals surface area contributed by atoms with E-state index in [1.54, 1.807) is 0 Å². The van der Waals surface area contributed by atoms with Gasteiger partial charge in [0.1, 0.15) is 5.75 Å². The molecule has 0 spiro atoms. The van der Waals surface area contributed by atoms with E-state index in [1.807, 2.05) is 7.05 Å². The summed E-state index contributed by atoms with van der Waals surface area (Å²) in [7, 11) is 1.83. The summed E-state index contributed by atoms with van der Waals surface area (Å²) in [5.41, 5.74) is 2.37. The molecule has 1 aliphatic rings. The minimum Gasteiger partial charge on any atom is -0.491 e. The predicted molar refractivity (Wildman–Crippen MR) is 125 cm³/mol. The Kier molecular flexibility index (Phi) is 11.1. The Bertz CT molecular complexity index is 592. The van der Waals surface area contributed by atoms with Gasteiger partial charge >= 0.3 is 0 Å². The number of guanidine groups is 1. The van der Waals surface area contributed by atoms with Gasteiger partial charge in [0.15, 0.2) is 5.96 Å². The third kappa shape index (κ3) is 8.25. The zero-order valence-corrected chi connectivity index (χ0v) is 19.9. The van der Waals surface area contributed by atoms with Gasteiger partial charge in [-0.1, -0.05) is 19.1 Å². The van der Waals surface area contributed by atoms with Crippen LogP contribution < -0.4 is 15.4 Å². The first-order valence-corrected chi connectivity index (χ1v) is 9.94. The van der Waals surface area contributed by atoms with Crippen molar-refractivity contribution < 1.29 is 4.74 Å². The van der Waals surface area contributed by atoms with Crippen LogP contribution in [0.2, 0.25) is 0 Å². The zero-order chi connectivity index (χ0) is 18.9. The normalized spacial score (nSPS) is 18.1. The number of hydrogen-bond acceptors (Lipinski definition) is 3. The molecule has 0 aromatic heterocycles. The predicted octanol–water partition coefficient (Wildman–Crippen LogP) is 3.80. The van der Waals surface area contributed by atoms with Gasteiger partial charge in [-0.25, -0.2) is 0 Å². The van der Waals surface area contributed by atoms with Crippen LogP contribution in [0.3, 0.4) is 0 Å². The van der Waals surface area contributed by atoms with Crippen LogP contribution in [0.4, 0.5) is 0 Å². The Balaban J connectivity index is 0.00000364. The van der Waals surface area contributed by atoms with Crippen LogP contribution in [-0.2, 0) is 6.54 Å². The zero-order valence-electron chi connectivity index (χ0n) is 17.5. The number of nitrogens with zero attached hydrogens (tertiary/aromatic N) is 2. The summed E-state index contributed by atoms with van der Waals surface area (Å²) in [5.74, 6) is 2.50. The molecule has 0 radical (unpaired) electrons. The van der Waals surface area contributed by atoms with Gasteiger partial charge in [0, 0.05) is 32.2 Å². The second-order valence-electron chi connectivity index (χ2n) is 7.49. The van der Waals surface area contributed by atoms with Crippen LogP contribution in [0.5, 0.6) is 5.75 Å². The average Bonchev–Trinajstić information content (AvgIpc) is 2.63. The highest BCUT2D eigenvalue weighted by molar-refractivity contribution is 14.0. The summed E-state index contributed by atoms with van der Waals surface area (Å²) in [6.45, 7) is 13.7. The summed E-state index contributed by atoms with van der Waals surface area (Å²) >= 11 is 0. The molecule has 6 heteroatoms. The summed E-state index contributed by atoms with van der Waals surface area (Å²) < 4.78 is 5.97. The lowest BCUT2D eigenvalue weighted by Crippen LogP contribution is -2.44. The average molecular weight is 488 g/mol. The first-order valence-electron chi connectivity index (χ1n) is 9.94. The summed E-state index contributed by atoms with van der Waals surface area (Å²) in [6.07, 6.45) is 2.76. The number of benzene rings is 1. The van der Waals surface area contributed by atoms with Crippen LogP contribution in [-0.4, -0.2) is 50.2 Å². The quantitative estimate of drug-likeness (QED) is 0.348. The van der Waals surface area contributed by atoms with E-state index in [0.29, 0.717) is 12.5 Å². The number of aryl methyl sites for hydroxylation is 1. The van der Waals surface area contributed by atoms with E-state index in [1.165, 1.54) is 31.5 Å². The van der Waals surface area contributed by atoms with E-state index in [2.05, 4.69) is 66.4 Å². The lowest BCUT2D eigenvalue weighted by atomic mass is 9.98. The van der Waals surface area contributed by atoms with Gasteiger partial charge in [-0.15, -0.1) is 24.0 Å². The fraction of sp³-hybridized carbons (Fsp3) is 0.667. The minimum atomic E-state index is 0. The fourth-order valence-electron chi connectivity index (χ4n) is 3.42. The highest BCUT2D eigenvalue weighted by Crippen LogP contribution is 2.21. The Morgan fingerprint density at radius 2 is 2.11 bits per heavy atom. The molecule has 1 fully saturated rings. The SMILES string of the molecule is CCN1CCCC(CNC(=NC)NCc2ccc(C)cc2OC(C)C)C1.I. The van der Waals surface area contributed by atoms with Crippen LogP contribution in [0, 0.1) is 12.8 Å². The van der Waals surface area contributed by atoms with Gasteiger partial charge in [0.05, 0.1) is 6.10 Å². The van der Waals surface area contributed by atoms with Gasteiger partial charge in [0.2, 0.25) is 0 Å². The molecule has 1 heterocycles. The number of likely N-dealkylation sites (tertiary alicyclic amines) is 1. The van der Waals surface area contributed by atoms with Crippen molar-refractivity contribution in [3.05, 3.63) is 29.3 Å². The molecule has 2 rings (SSSR count). The molecule has 27 heavy (non-hydrogen) atoms. The van der Waals surface area contributed by atoms with Crippen molar-refractivity contribution in [2.75, 3.05) is 33.2 Å². The molecular formula is C21H37IN4O. The first kappa shape index (κ1) is 24.0. The number of aliphatic imine (C=N–C) groups is 1. The van der Waals surface area contributed by atoms with Gasteiger partial charge in [-0.05, 0) is 64.3 Å². The first-order chi connectivity index (χ1) is 12.5. The molecule has 1 atom stereocenters. The topological polar surface area (TPSA) is 48.9 Å². The Hall–Kier alpha value is -1.02. The lowest BCUT2D eigenvalue weighted by Gasteiger charge is -2.32. The summed E-state index contributed by atoms with van der Waals surface area (Å²) in [6, 6.07) is 6.36. The molecular weight excluding hydrogens is 451 g/mol. The van der Waals surface area contributed by atoms with Crippen molar-refractivity contribution in [2.24, 2.45) is 10.9 Å². The highest BCUT2D eigenvalue weighted by atomic mass is 127. The second-order valence-corrected chi connectivity index (χ2v) is 7.49. The molecule has 0 saturated carbocycles. The van der Waals surface area contributed by atoms with Crippen LogP contribution in [0.25, 0.3) is 0 Å². The molecule has 0 aliphatic carbocycles. The third-order valence-electron chi connectivity index (χ3n) is 4.86. The smallest absolute Gasteiger partial charge is 0.191 e. The van der Waals surface area contributed by atoms with Crippen LogP contribution in [0.15, 0.2) is 23.2 Å². The number of hydrogen-bond donors (Lipinski definition) is 2. The summed E-state index contributed by atoms with van der Waals surface area (Å²) in [4.78, 5) is 6.91. The van der Waals surface area contributed by atoms with Gasteiger partial charge in [-0.3, -0.25) is 4.99 Å². The maximum absolute atomic E-state index is 5.97. The maximum atomic E-state index is 5.97. The molecule has 1 aliphatic heterocycles. The molecule has 154 valence electrons. The van der Waals surface area contributed by atoms with Crippen LogP contribution in [0.1, 0.15) is 44.7 Å².